The van der Waals surface area contributed by atoms with Crippen molar-refractivity contribution in [2.75, 3.05) is 6.61 Å². The lowest BCUT2D eigenvalue weighted by Crippen LogP contribution is -2.30. The minimum absolute atomic E-state index is 0.108. The van der Waals surface area contributed by atoms with E-state index in [1.54, 1.807) is 6.92 Å². The van der Waals surface area contributed by atoms with Crippen LogP contribution in [0.3, 0.4) is 0 Å². The van der Waals surface area contributed by atoms with Gasteiger partial charge in [0.1, 0.15) is 12.2 Å². The number of carbonyl (C=O) groups is 1. The fraction of sp³-hybridized carbons (Fsp3) is 0.444. The van der Waals surface area contributed by atoms with Crippen LogP contribution < -0.4 is 0 Å². The van der Waals surface area contributed by atoms with E-state index in [1.807, 2.05) is 0 Å². The molecule has 0 saturated carbocycles. The molecule has 0 bridgehead atoms. The lowest BCUT2D eigenvalue weighted by Gasteiger charge is -2.18. The molecule has 0 spiro atoms. The van der Waals surface area contributed by atoms with Gasteiger partial charge in [-0.3, -0.25) is 0 Å². The quantitative estimate of drug-likeness (QED) is 0.433. The SMILES string of the molecule is C#CCOC(C)(C=O)CC#C. The van der Waals surface area contributed by atoms with Crippen LogP contribution in [0.25, 0.3) is 0 Å². The van der Waals surface area contributed by atoms with E-state index in [4.69, 9.17) is 17.6 Å². The van der Waals surface area contributed by atoms with Crippen molar-refractivity contribution >= 4 is 6.29 Å². The molecule has 0 aliphatic rings. The summed E-state index contributed by atoms with van der Waals surface area (Å²) >= 11 is 0. The summed E-state index contributed by atoms with van der Waals surface area (Å²) in [5.41, 5.74) is -0.916. The number of terminal acetylenes is 2. The molecule has 1 atom stereocenters. The van der Waals surface area contributed by atoms with Crippen LogP contribution in [0, 0.1) is 24.7 Å². The van der Waals surface area contributed by atoms with Crippen molar-refractivity contribution in [2.24, 2.45) is 0 Å². The van der Waals surface area contributed by atoms with Gasteiger partial charge >= 0.3 is 0 Å². The molecule has 0 amide bonds. The molecule has 58 valence electrons. The third-order valence-corrected chi connectivity index (χ3v) is 1.19. The number of aldehydes is 1. The molecule has 0 aromatic carbocycles. The smallest absolute Gasteiger partial charge is 0.152 e. The van der Waals surface area contributed by atoms with Gasteiger partial charge in [-0.05, 0) is 6.92 Å². The largest absolute Gasteiger partial charge is 0.354 e. The highest BCUT2D eigenvalue weighted by Gasteiger charge is 2.22. The summed E-state index contributed by atoms with van der Waals surface area (Å²) in [6, 6.07) is 0. The topological polar surface area (TPSA) is 26.3 Å². The van der Waals surface area contributed by atoms with Gasteiger partial charge in [0.05, 0.1) is 0 Å². The number of carbonyl (C=O) groups excluding carboxylic acids is 1. The second kappa shape index (κ2) is 4.55. The Labute approximate surface area is 66.9 Å². The summed E-state index contributed by atoms with van der Waals surface area (Å²) in [5, 5.41) is 0. The van der Waals surface area contributed by atoms with E-state index in [0.717, 1.165) is 0 Å². The molecule has 0 fully saturated rings. The predicted octanol–water partition coefficient (Wildman–Crippen LogP) is 0.617. The third-order valence-electron chi connectivity index (χ3n) is 1.19. The van der Waals surface area contributed by atoms with Gasteiger partial charge in [0.15, 0.2) is 6.29 Å². The Morgan fingerprint density at radius 1 is 1.55 bits per heavy atom. The van der Waals surface area contributed by atoms with E-state index in [9.17, 15) is 4.79 Å². The van der Waals surface area contributed by atoms with Crippen LogP contribution >= 0.6 is 0 Å². The predicted molar refractivity (Wildman–Crippen MR) is 42.7 cm³/mol. The van der Waals surface area contributed by atoms with Crippen LogP contribution in [0.5, 0.6) is 0 Å². The summed E-state index contributed by atoms with van der Waals surface area (Å²) in [6.45, 7) is 1.72. The number of hydrogen-bond acceptors (Lipinski definition) is 2. The van der Waals surface area contributed by atoms with Crippen molar-refractivity contribution in [1.82, 2.24) is 0 Å². The molecule has 0 saturated heterocycles. The van der Waals surface area contributed by atoms with E-state index >= 15 is 0 Å². The average molecular weight is 150 g/mol. The van der Waals surface area contributed by atoms with Gasteiger partial charge < -0.3 is 9.53 Å². The maximum atomic E-state index is 10.4. The Bertz CT molecular complexity index is 207. The second-order valence-corrected chi connectivity index (χ2v) is 2.30. The lowest BCUT2D eigenvalue weighted by atomic mass is 10.1. The van der Waals surface area contributed by atoms with Gasteiger partial charge in [0.2, 0.25) is 0 Å². The first-order valence-corrected chi connectivity index (χ1v) is 3.16. The molecule has 0 radical (unpaired) electrons. The molecular weight excluding hydrogens is 140 g/mol. The summed E-state index contributed by atoms with van der Waals surface area (Å²) < 4.78 is 5.02. The monoisotopic (exact) mass is 150 g/mol. The minimum atomic E-state index is -0.916. The highest BCUT2D eigenvalue weighted by molar-refractivity contribution is 5.62. The van der Waals surface area contributed by atoms with Crippen molar-refractivity contribution in [3.63, 3.8) is 0 Å². The van der Waals surface area contributed by atoms with Crippen LogP contribution in [0.4, 0.5) is 0 Å². The fourth-order valence-electron chi connectivity index (χ4n) is 0.536. The Hall–Kier alpha value is -1.25. The van der Waals surface area contributed by atoms with Gasteiger partial charge in [-0.15, -0.1) is 18.8 Å². The zero-order valence-corrected chi connectivity index (χ0v) is 6.46. The molecule has 1 unspecified atom stereocenters. The Morgan fingerprint density at radius 2 is 2.18 bits per heavy atom. The zero-order chi connectivity index (χ0) is 8.74. The van der Waals surface area contributed by atoms with Gasteiger partial charge in [-0.25, -0.2) is 0 Å². The van der Waals surface area contributed by atoms with E-state index in [0.29, 0.717) is 6.29 Å². The summed E-state index contributed by atoms with van der Waals surface area (Å²) in [7, 11) is 0. The van der Waals surface area contributed by atoms with Crippen molar-refractivity contribution in [3.05, 3.63) is 0 Å². The lowest BCUT2D eigenvalue weighted by molar-refractivity contribution is -0.126. The molecule has 0 N–H and O–H groups in total. The molecule has 11 heavy (non-hydrogen) atoms. The first-order valence-electron chi connectivity index (χ1n) is 3.16. The van der Waals surface area contributed by atoms with Gasteiger partial charge in [-0.2, -0.15) is 0 Å². The van der Waals surface area contributed by atoms with Gasteiger partial charge in [-0.1, -0.05) is 5.92 Å². The van der Waals surface area contributed by atoms with Crippen molar-refractivity contribution in [2.45, 2.75) is 18.9 Å². The van der Waals surface area contributed by atoms with Crippen LogP contribution in [0.15, 0.2) is 0 Å². The molecule has 0 aromatic rings. The maximum absolute atomic E-state index is 10.4. The summed E-state index contributed by atoms with van der Waals surface area (Å²) in [5.74, 6) is 4.61. The van der Waals surface area contributed by atoms with Crippen LogP contribution in [0.1, 0.15) is 13.3 Å². The summed E-state index contributed by atoms with van der Waals surface area (Å²) in [4.78, 5) is 10.4. The van der Waals surface area contributed by atoms with Crippen LogP contribution in [-0.2, 0) is 9.53 Å². The number of ether oxygens (including phenoxy) is 1. The Balaban J connectivity index is 4.03. The number of hydrogen-bond donors (Lipinski definition) is 0. The van der Waals surface area contributed by atoms with E-state index in [2.05, 4.69) is 11.8 Å². The van der Waals surface area contributed by atoms with Gasteiger partial charge in [0, 0.05) is 6.42 Å². The third kappa shape index (κ3) is 3.45. The van der Waals surface area contributed by atoms with Crippen LogP contribution in [-0.4, -0.2) is 18.5 Å². The summed E-state index contributed by atoms with van der Waals surface area (Å²) in [6.07, 6.45) is 10.9. The normalized spacial score (nSPS) is 14.1. The molecule has 0 rings (SSSR count). The zero-order valence-electron chi connectivity index (χ0n) is 6.46. The minimum Gasteiger partial charge on any atom is -0.354 e. The molecule has 0 aromatic heterocycles. The average Bonchev–Trinajstić information content (AvgIpc) is 2.02. The Morgan fingerprint density at radius 3 is 2.55 bits per heavy atom. The molecule has 2 heteroatoms. The molecule has 0 aliphatic heterocycles. The molecule has 2 nitrogen and oxygen atoms in total. The van der Waals surface area contributed by atoms with Crippen molar-refractivity contribution in [1.29, 1.82) is 0 Å². The van der Waals surface area contributed by atoms with Crippen molar-refractivity contribution in [3.8, 4) is 24.7 Å². The Kier molecular flexibility index (Phi) is 4.03. The first-order chi connectivity index (χ1) is 5.18. The first kappa shape index (κ1) is 9.75. The highest BCUT2D eigenvalue weighted by Crippen LogP contribution is 2.10. The fourth-order valence-corrected chi connectivity index (χ4v) is 0.536. The number of rotatable bonds is 4. The van der Waals surface area contributed by atoms with E-state index in [-0.39, 0.29) is 13.0 Å². The maximum Gasteiger partial charge on any atom is 0.152 e. The standard InChI is InChI=1S/C9H10O2/c1-4-6-9(3,8-10)11-7-5-2/h1-2,8H,6-7H2,3H3. The molecule has 0 aliphatic carbocycles. The van der Waals surface area contributed by atoms with Crippen molar-refractivity contribution < 1.29 is 9.53 Å². The van der Waals surface area contributed by atoms with Gasteiger partial charge in [0.25, 0.3) is 0 Å². The van der Waals surface area contributed by atoms with E-state index in [1.165, 1.54) is 0 Å². The van der Waals surface area contributed by atoms with E-state index < -0.39 is 5.60 Å². The highest BCUT2D eigenvalue weighted by atomic mass is 16.5. The molecule has 0 heterocycles. The molecular formula is C9H10O2. The second-order valence-electron chi connectivity index (χ2n) is 2.30. The van der Waals surface area contributed by atoms with Crippen LogP contribution in [0.2, 0.25) is 0 Å².